The molecule has 1 heterocycles. The monoisotopic (exact) mass is 182 g/mol. The van der Waals surface area contributed by atoms with E-state index in [1.54, 1.807) is 0 Å². The number of fused-ring (bicyclic) bond motifs is 1. The molecular formula is C8H6Se. The molecule has 44 valence electrons. The summed E-state index contributed by atoms with van der Waals surface area (Å²) < 4.78 is 0. The van der Waals surface area contributed by atoms with Gasteiger partial charge in [0.15, 0.2) is 0 Å². The van der Waals surface area contributed by atoms with E-state index in [4.69, 9.17) is 0 Å². The molecule has 1 heteroatoms. The van der Waals surface area contributed by atoms with E-state index in [9.17, 15) is 0 Å². The predicted octanol–water partition coefficient (Wildman–Crippen LogP) is 1.90. The van der Waals surface area contributed by atoms with Gasteiger partial charge in [-0.05, 0) is 0 Å². The van der Waals surface area contributed by atoms with E-state index in [2.05, 4.69) is 34.1 Å². The standard InChI is InChI=1S/C8H6Se/c1-2-4-8-6-9-5-7(8)3-1/h1-6H. The van der Waals surface area contributed by atoms with Crippen molar-refractivity contribution in [2.24, 2.45) is 0 Å². The van der Waals surface area contributed by atoms with Gasteiger partial charge in [0.25, 0.3) is 0 Å². The molecule has 1 aromatic heterocycles. The van der Waals surface area contributed by atoms with E-state index in [0.717, 1.165) is 0 Å². The summed E-state index contributed by atoms with van der Waals surface area (Å²) in [5, 5.41) is 2.83. The van der Waals surface area contributed by atoms with Gasteiger partial charge < -0.3 is 0 Å². The predicted molar refractivity (Wildman–Crippen MR) is 40.9 cm³/mol. The van der Waals surface area contributed by atoms with Gasteiger partial charge in [-0.15, -0.1) is 0 Å². The topological polar surface area (TPSA) is 0 Å². The third kappa shape index (κ3) is 0.827. The fourth-order valence-electron chi connectivity index (χ4n) is 0.906. The number of hydrogen-bond donors (Lipinski definition) is 0. The fraction of sp³-hybridized carbons (Fsp3) is 0. The molecule has 1 aromatic carbocycles. The van der Waals surface area contributed by atoms with Gasteiger partial charge in [-0.2, -0.15) is 0 Å². The van der Waals surface area contributed by atoms with Crippen LogP contribution in [0.2, 0.25) is 0 Å². The van der Waals surface area contributed by atoms with E-state index in [1.807, 2.05) is 0 Å². The molecule has 0 saturated heterocycles. The van der Waals surface area contributed by atoms with Gasteiger partial charge in [-0.1, -0.05) is 0 Å². The Kier molecular flexibility index (Phi) is 1.18. The molecule has 2 rings (SSSR count). The number of hydrogen-bond acceptors (Lipinski definition) is 0. The van der Waals surface area contributed by atoms with Gasteiger partial charge >= 0.3 is 59.4 Å². The van der Waals surface area contributed by atoms with Crippen molar-refractivity contribution in [2.45, 2.75) is 0 Å². The molecule has 0 aliphatic rings. The van der Waals surface area contributed by atoms with Crippen molar-refractivity contribution in [3.05, 3.63) is 34.1 Å². The van der Waals surface area contributed by atoms with Crippen LogP contribution in [0.25, 0.3) is 10.8 Å². The molecule has 0 unspecified atom stereocenters. The molecular weight excluding hydrogens is 175 g/mol. The van der Waals surface area contributed by atoms with Gasteiger partial charge in [0.1, 0.15) is 0 Å². The summed E-state index contributed by atoms with van der Waals surface area (Å²) in [5.74, 6) is 0. The fourth-order valence-corrected chi connectivity index (χ4v) is 2.56. The summed E-state index contributed by atoms with van der Waals surface area (Å²) in [6.45, 7) is 0. The van der Waals surface area contributed by atoms with Gasteiger partial charge in [0.05, 0.1) is 0 Å². The Morgan fingerprint density at radius 3 is 2.00 bits per heavy atom. The van der Waals surface area contributed by atoms with Crippen molar-refractivity contribution in [2.75, 3.05) is 0 Å². The second kappa shape index (κ2) is 2.02. The van der Waals surface area contributed by atoms with Crippen LogP contribution in [0, 0.1) is 0 Å². The van der Waals surface area contributed by atoms with Gasteiger partial charge in [-0.25, -0.2) is 0 Å². The zero-order valence-corrected chi connectivity index (χ0v) is 6.59. The van der Waals surface area contributed by atoms with Crippen LogP contribution >= 0.6 is 0 Å². The SMILES string of the molecule is c1ccc2c[se]cc2c1. The van der Waals surface area contributed by atoms with E-state index < -0.39 is 0 Å². The average molecular weight is 181 g/mol. The Morgan fingerprint density at radius 1 is 0.889 bits per heavy atom. The molecule has 9 heavy (non-hydrogen) atoms. The van der Waals surface area contributed by atoms with Crippen molar-refractivity contribution in [1.82, 2.24) is 0 Å². The van der Waals surface area contributed by atoms with Crippen LogP contribution in [0.3, 0.4) is 0 Å². The first-order valence-corrected chi connectivity index (χ1v) is 4.85. The van der Waals surface area contributed by atoms with Gasteiger partial charge in [0.2, 0.25) is 0 Å². The normalized spacial score (nSPS) is 10.2. The third-order valence-electron chi connectivity index (χ3n) is 1.39. The van der Waals surface area contributed by atoms with Crippen LogP contribution in [0.15, 0.2) is 34.1 Å². The van der Waals surface area contributed by atoms with E-state index in [0.29, 0.717) is 14.5 Å². The summed E-state index contributed by atoms with van der Waals surface area (Å²) in [5.41, 5.74) is 0. The average Bonchev–Trinajstić information content (AvgIpc) is 2.33. The van der Waals surface area contributed by atoms with E-state index in [-0.39, 0.29) is 0 Å². The molecule has 0 bridgehead atoms. The Balaban J connectivity index is 2.95. The zero-order chi connectivity index (χ0) is 6.10. The van der Waals surface area contributed by atoms with Crippen LogP contribution in [0.5, 0.6) is 0 Å². The molecule has 0 amide bonds. The summed E-state index contributed by atoms with van der Waals surface area (Å²) in [4.78, 5) is 4.62. The van der Waals surface area contributed by atoms with Crippen molar-refractivity contribution >= 4 is 25.3 Å². The molecule has 0 N–H and O–H groups in total. The second-order valence-corrected chi connectivity index (χ2v) is 3.56. The Labute approximate surface area is 59.9 Å². The molecule has 0 atom stereocenters. The minimum atomic E-state index is 0.629. The molecule has 0 spiro atoms. The quantitative estimate of drug-likeness (QED) is 0.544. The van der Waals surface area contributed by atoms with Crippen LogP contribution in [0.4, 0.5) is 0 Å². The Hall–Kier alpha value is -0.521. The van der Waals surface area contributed by atoms with Crippen molar-refractivity contribution in [1.29, 1.82) is 0 Å². The maximum absolute atomic E-state index is 2.31. The van der Waals surface area contributed by atoms with Crippen LogP contribution in [-0.2, 0) is 0 Å². The second-order valence-electron chi connectivity index (χ2n) is 2.00. The number of rotatable bonds is 0. The molecule has 0 radical (unpaired) electrons. The zero-order valence-electron chi connectivity index (χ0n) is 4.87. The van der Waals surface area contributed by atoms with Gasteiger partial charge in [0, 0.05) is 0 Å². The first-order chi connectivity index (χ1) is 4.47. The molecule has 0 fully saturated rings. The summed E-state index contributed by atoms with van der Waals surface area (Å²) in [7, 11) is 0. The molecule has 0 nitrogen and oxygen atoms in total. The molecule has 2 aromatic rings. The van der Waals surface area contributed by atoms with E-state index in [1.165, 1.54) is 10.8 Å². The summed E-state index contributed by atoms with van der Waals surface area (Å²) >= 11 is 0.629. The van der Waals surface area contributed by atoms with E-state index >= 15 is 0 Å². The van der Waals surface area contributed by atoms with Crippen molar-refractivity contribution < 1.29 is 0 Å². The Bertz CT molecular complexity index is 279. The van der Waals surface area contributed by atoms with Crippen LogP contribution in [-0.4, -0.2) is 14.5 Å². The molecule has 0 aliphatic carbocycles. The van der Waals surface area contributed by atoms with Gasteiger partial charge in [-0.3, -0.25) is 0 Å². The van der Waals surface area contributed by atoms with Crippen LogP contribution in [0.1, 0.15) is 0 Å². The molecule has 0 saturated carbocycles. The van der Waals surface area contributed by atoms with Crippen molar-refractivity contribution in [3.8, 4) is 0 Å². The summed E-state index contributed by atoms with van der Waals surface area (Å²) in [6, 6.07) is 8.51. The minimum absolute atomic E-state index is 0.629. The molecule has 0 aliphatic heterocycles. The van der Waals surface area contributed by atoms with Crippen molar-refractivity contribution in [3.63, 3.8) is 0 Å². The maximum atomic E-state index is 2.31. The first-order valence-electron chi connectivity index (χ1n) is 2.88. The van der Waals surface area contributed by atoms with Crippen LogP contribution < -0.4 is 0 Å². The Morgan fingerprint density at radius 2 is 1.44 bits per heavy atom. The number of benzene rings is 1. The first kappa shape index (κ1) is 5.28. The summed E-state index contributed by atoms with van der Waals surface area (Å²) in [6.07, 6.45) is 0. The third-order valence-corrected chi connectivity index (χ3v) is 3.02.